The molecule has 1 fully saturated rings. The van der Waals surface area contributed by atoms with Crippen LogP contribution in [0.25, 0.3) is 0 Å². The van der Waals surface area contributed by atoms with Crippen molar-refractivity contribution in [2.45, 2.75) is 13.0 Å². The van der Waals surface area contributed by atoms with Crippen molar-refractivity contribution in [3.05, 3.63) is 23.9 Å². The number of nitrogens with zero attached hydrogens (tertiary/aromatic N) is 3. The molecule has 1 unspecified atom stereocenters. The third-order valence-corrected chi connectivity index (χ3v) is 3.22. The van der Waals surface area contributed by atoms with E-state index in [9.17, 15) is 4.79 Å². The van der Waals surface area contributed by atoms with Gasteiger partial charge in [0.05, 0.1) is 5.56 Å². The number of nitrogens with one attached hydrogen (secondary N) is 1. The molecule has 0 aliphatic carbocycles. The number of carbonyl (C=O) groups is 1. The lowest BCUT2D eigenvalue weighted by Gasteiger charge is -2.34. The van der Waals surface area contributed by atoms with Gasteiger partial charge in [-0.1, -0.05) is 0 Å². The Balaban J connectivity index is 0.00000180. The average Bonchev–Trinajstić information content (AvgIpc) is 2.38. The van der Waals surface area contributed by atoms with Gasteiger partial charge in [0, 0.05) is 46.0 Å². The van der Waals surface area contributed by atoms with Crippen LogP contribution in [0, 0.1) is 0 Å². The molecule has 0 bridgehead atoms. The van der Waals surface area contributed by atoms with Gasteiger partial charge in [0.15, 0.2) is 0 Å². The van der Waals surface area contributed by atoms with Crippen molar-refractivity contribution in [2.24, 2.45) is 0 Å². The number of pyridine rings is 1. The Hall–Kier alpha value is -1.04. The molecule has 1 saturated heterocycles. The number of halogens is 2. The largest absolute Gasteiger partial charge is 0.363 e. The van der Waals surface area contributed by atoms with Gasteiger partial charge in [0.1, 0.15) is 5.82 Å². The molecular weight excluding hydrogens is 299 g/mol. The molecule has 2 heterocycles. The van der Waals surface area contributed by atoms with Crippen molar-refractivity contribution in [3.63, 3.8) is 0 Å². The maximum absolute atomic E-state index is 12.3. The summed E-state index contributed by atoms with van der Waals surface area (Å²) >= 11 is 0. The van der Waals surface area contributed by atoms with Crippen LogP contribution in [0.5, 0.6) is 0 Å². The molecule has 1 N–H and O–H groups in total. The Morgan fingerprint density at radius 2 is 2.10 bits per heavy atom. The van der Waals surface area contributed by atoms with Gasteiger partial charge in [-0.3, -0.25) is 4.79 Å². The second-order valence-electron chi connectivity index (χ2n) is 4.85. The SMILES string of the molecule is CC1CNCCN1C(=O)c1ccc(N(C)C)nc1.Cl.Cl. The molecule has 1 aromatic rings. The van der Waals surface area contributed by atoms with E-state index in [4.69, 9.17) is 0 Å². The molecule has 114 valence electrons. The zero-order valence-corrected chi connectivity index (χ0v) is 13.6. The maximum Gasteiger partial charge on any atom is 0.255 e. The summed E-state index contributed by atoms with van der Waals surface area (Å²) in [5.41, 5.74) is 0.661. The van der Waals surface area contributed by atoms with Gasteiger partial charge in [-0.2, -0.15) is 0 Å². The zero-order valence-electron chi connectivity index (χ0n) is 12.0. The van der Waals surface area contributed by atoms with E-state index < -0.39 is 0 Å². The minimum absolute atomic E-state index is 0. The molecule has 1 aliphatic heterocycles. The van der Waals surface area contributed by atoms with Crippen molar-refractivity contribution in [1.29, 1.82) is 0 Å². The second-order valence-corrected chi connectivity index (χ2v) is 4.85. The third kappa shape index (κ3) is 4.23. The standard InChI is InChI=1S/C13H20N4O.2ClH/c1-10-8-14-6-7-17(10)13(18)11-4-5-12(15-9-11)16(2)3;;/h4-5,9-10,14H,6-8H2,1-3H3;2*1H. The fraction of sp³-hybridized carbons (Fsp3) is 0.538. The molecular formula is C13H22Cl2N4O. The van der Waals surface area contributed by atoms with Crippen LogP contribution in [0.1, 0.15) is 17.3 Å². The summed E-state index contributed by atoms with van der Waals surface area (Å²) in [6.07, 6.45) is 1.66. The number of anilines is 1. The molecule has 5 nitrogen and oxygen atoms in total. The first-order chi connectivity index (χ1) is 8.59. The van der Waals surface area contributed by atoms with Crippen LogP contribution in [0.3, 0.4) is 0 Å². The summed E-state index contributed by atoms with van der Waals surface area (Å²) in [5.74, 6) is 0.932. The molecule has 0 saturated carbocycles. The van der Waals surface area contributed by atoms with E-state index in [2.05, 4.69) is 17.2 Å². The third-order valence-electron chi connectivity index (χ3n) is 3.22. The van der Waals surface area contributed by atoms with E-state index in [0.717, 1.165) is 25.5 Å². The maximum atomic E-state index is 12.3. The molecule has 0 radical (unpaired) electrons. The van der Waals surface area contributed by atoms with E-state index in [0.29, 0.717) is 5.56 Å². The van der Waals surface area contributed by atoms with Crippen LogP contribution >= 0.6 is 24.8 Å². The Labute approximate surface area is 132 Å². The predicted molar refractivity (Wildman–Crippen MR) is 86.4 cm³/mol. The molecule has 1 amide bonds. The van der Waals surface area contributed by atoms with E-state index in [1.54, 1.807) is 6.20 Å². The average molecular weight is 321 g/mol. The predicted octanol–water partition coefficient (Wildman–Crippen LogP) is 1.43. The van der Waals surface area contributed by atoms with E-state index in [-0.39, 0.29) is 36.8 Å². The highest BCUT2D eigenvalue weighted by Crippen LogP contribution is 2.12. The van der Waals surface area contributed by atoms with E-state index in [1.807, 2.05) is 36.0 Å². The van der Waals surface area contributed by atoms with Gasteiger partial charge in [0.2, 0.25) is 0 Å². The van der Waals surface area contributed by atoms with Crippen molar-refractivity contribution in [3.8, 4) is 0 Å². The Kier molecular flexibility index (Phi) is 7.86. The molecule has 7 heteroatoms. The fourth-order valence-electron chi connectivity index (χ4n) is 2.09. The van der Waals surface area contributed by atoms with Gasteiger partial charge in [-0.15, -0.1) is 24.8 Å². The van der Waals surface area contributed by atoms with Crippen molar-refractivity contribution < 1.29 is 4.79 Å². The van der Waals surface area contributed by atoms with Crippen LogP contribution in [0.4, 0.5) is 5.82 Å². The van der Waals surface area contributed by atoms with Crippen LogP contribution in [0.15, 0.2) is 18.3 Å². The Bertz CT molecular complexity index is 425. The Morgan fingerprint density at radius 1 is 1.40 bits per heavy atom. The molecule has 20 heavy (non-hydrogen) atoms. The number of rotatable bonds is 2. The smallest absolute Gasteiger partial charge is 0.255 e. The summed E-state index contributed by atoms with van der Waals surface area (Å²) in [5, 5.41) is 3.28. The molecule has 1 aliphatic rings. The second kappa shape index (κ2) is 8.29. The summed E-state index contributed by atoms with van der Waals surface area (Å²) in [4.78, 5) is 20.4. The van der Waals surface area contributed by atoms with Crippen LogP contribution in [0.2, 0.25) is 0 Å². The van der Waals surface area contributed by atoms with Crippen molar-refractivity contribution in [1.82, 2.24) is 15.2 Å². The normalized spacial score (nSPS) is 17.8. The topological polar surface area (TPSA) is 48.5 Å². The number of piperazine rings is 1. The van der Waals surface area contributed by atoms with Gasteiger partial charge in [0.25, 0.3) is 5.91 Å². The molecule has 0 aromatic carbocycles. The summed E-state index contributed by atoms with van der Waals surface area (Å²) < 4.78 is 0. The number of hydrogen-bond acceptors (Lipinski definition) is 4. The first kappa shape index (κ1) is 19.0. The molecule has 1 atom stereocenters. The van der Waals surface area contributed by atoms with E-state index >= 15 is 0 Å². The molecule has 2 rings (SSSR count). The van der Waals surface area contributed by atoms with Crippen molar-refractivity contribution >= 4 is 36.5 Å². The first-order valence-electron chi connectivity index (χ1n) is 6.24. The summed E-state index contributed by atoms with van der Waals surface area (Å²) in [6.45, 7) is 4.54. The number of hydrogen-bond donors (Lipinski definition) is 1. The lowest BCUT2D eigenvalue weighted by Crippen LogP contribution is -2.52. The van der Waals surface area contributed by atoms with E-state index in [1.165, 1.54) is 0 Å². The monoisotopic (exact) mass is 320 g/mol. The first-order valence-corrected chi connectivity index (χ1v) is 6.24. The Morgan fingerprint density at radius 3 is 2.60 bits per heavy atom. The number of carbonyl (C=O) groups excluding carboxylic acids is 1. The quantitative estimate of drug-likeness (QED) is 0.895. The van der Waals surface area contributed by atoms with Crippen molar-refractivity contribution in [2.75, 3.05) is 38.6 Å². The van der Waals surface area contributed by atoms with Gasteiger partial charge in [-0.25, -0.2) is 4.98 Å². The lowest BCUT2D eigenvalue weighted by molar-refractivity contribution is 0.0655. The highest BCUT2D eigenvalue weighted by molar-refractivity contribution is 5.94. The number of aromatic nitrogens is 1. The van der Waals surface area contributed by atoms with Crippen LogP contribution in [-0.2, 0) is 0 Å². The number of amides is 1. The minimum atomic E-state index is 0. The zero-order chi connectivity index (χ0) is 13.1. The lowest BCUT2D eigenvalue weighted by atomic mass is 10.1. The van der Waals surface area contributed by atoms with Gasteiger partial charge >= 0.3 is 0 Å². The summed E-state index contributed by atoms with van der Waals surface area (Å²) in [6, 6.07) is 3.96. The fourth-order valence-corrected chi connectivity index (χ4v) is 2.09. The van der Waals surface area contributed by atoms with Crippen LogP contribution in [-0.4, -0.2) is 55.6 Å². The van der Waals surface area contributed by atoms with Crippen LogP contribution < -0.4 is 10.2 Å². The molecule has 1 aromatic heterocycles. The summed E-state index contributed by atoms with van der Waals surface area (Å²) in [7, 11) is 3.87. The highest BCUT2D eigenvalue weighted by Gasteiger charge is 2.24. The molecule has 0 spiro atoms. The minimum Gasteiger partial charge on any atom is -0.363 e. The highest BCUT2D eigenvalue weighted by atomic mass is 35.5. The van der Waals surface area contributed by atoms with Gasteiger partial charge < -0.3 is 15.1 Å². The van der Waals surface area contributed by atoms with Gasteiger partial charge in [-0.05, 0) is 19.1 Å².